The van der Waals surface area contributed by atoms with E-state index in [9.17, 15) is 9.50 Å². The molecule has 0 bridgehead atoms. The first-order valence-electron chi connectivity index (χ1n) is 6.81. The number of rotatable bonds is 6. The molecule has 0 radical (unpaired) electrons. The third-order valence-corrected chi connectivity index (χ3v) is 3.87. The second kappa shape index (κ2) is 7.43. The zero-order valence-electron chi connectivity index (χ0n) is 11.9. The van der Waals surface area contributed by atoms with Crippen LogP contribution in [-0.4, -0.2) is 18.8 Å². The smallest absolute Gasteiger partial charge is 0.168 e. The van der Waals surface area contributed by atoms with Crippen molar-refractivity contribution in [1.82, 2.24) is 0 Å². The van der Waals surface area contributed by atoms with Gasteiger partial charge >= 0.3 is 0 Å². The molecule has 112 valence electrons. The first kappa shape index (κ1) is 15.8. The third-order valence-electron chi connectivity index (χ3n) is 3.50. The summed E-state index contributed by atoms with van der Waals surface area (Å²) in [4.78, 5) is 0. The lowest BCUT2D eigenvalue weighted by Gasteiger charge is -2.16. The van der Waals surface area contributed by atoms with E-state index in [0.717, 1.165) is 5.56 Å². The highest BCUT2D eigenvalue weighted by Crippen LogP contribution is 2.25. The van der Waals surface area contributed by atoms with Crippen molar-refractivity contribution in [3.63, 3.8) is 0 Å². The van der Waals surface area contributed by atoms with E-state index in [1.54, 1.807) is 18.2 Å². The van der Waals surface area contributed by atoms with Crippen LogP contribution in [0.1, 0.15) is 11.1 Å². The fourth-order valence-electron chi connectivity index (χ4n) is 2.36. The highest BCUT2D eigenvalue weighted by Gasteiger charge is 2.16. The van der Waals surface area contributed by atoms with Crippen LogP contribution < -0.4 is 4.74 Å². The Morgan fingerprint density at radius 2 is 1.76 bits per heavy atom. The second-order valence-electron chi connectivity index (χ2n) is 4.98. The van der Waals surface area contributed by atoms with E-state index in [-0.39, 0.29) is 24.1 Å². The van der Waals surface area contributed by atoms with Gasteiger partial charge in [0.15, 0.2) is 11.6 Å². The average Bonchev–Trinajstić information content (AvgIpc) is 2.50. The molecule has 0 saturated heterocycles. The number of ether oxygens (including phenoxy) is 1. The largest absolute Gasteiger partial charge is 0.494 e. The summed E-state index contributed by atoms with van der Waals surface area (Å²) >= 11 is 6.13. The van der Waals surface area contributed by atoms with Crippen molar-refractivity contribution in [3.8, 4) is 5.75 Å². The Morgan fingerprint density at radius 1 is 1.10 bits per heavy atom. The molecule has 0 aromatic heterocycles. The average molecular weight is 309 g/mol. The van der Waals surface area contributed by atoms with Crippen LogP contribution in [0.4, 0.5) is 4.39 Å². The van der Waals surface area contributed by atoms with Crippen LogP contribution in [-0.2, 0) is 12.8 Å². The first-order valence-corrected chi connectivity index (χ1v) is 7.19. The van der Waals surface area contributed by atoms with Gasteiger partial charge in [-0.15, -0.1) is 0 Å². The summed E-state index contributed by atoms with van der Waals surface area (Å²) in [5.41, 5.74) is 1.50. The Bertz CT molecular complexity index is 601. The van der Waals surface area contributed by atoms with Crippen molar-refractivity contribution in [2.75, 3.05) is 13.7 Å². The lowest BCUT2D eigenvalue weighted by molar-refractivity contribution is 0.223. The van der Waals surface area contributed by atoms with Gasteiger partial charge in [-0.2, -0.15) is 0 Å². The van der Waals surface area contributed by atoms with E-state index in [2.05, 4.69) is 0 Å². The summed E-state index contributed by atoms with van der Waals surface area (Å²) < 4.78 is 19.1. The maximum absolute atomic E-state index is 14.2. The van der Waals surface area contributed by atoms with Crippen LogP contribution in [0.25, 0.3) is 0 Å². The normalized spacial score (nSPS) is 12.2. The maximum Gasteiger partial charge on any atom is 0.168 e. The molecule has 0 aliphatic rings. The van der Waals surface area contributed by atoms with Gasteiger partial charge in [0, 0.05) is 11.6 Å². The zero-order valence-corrected chi connectivity index (χ0v) is 12.6. The van der Waals surface area contributed by atoms with Crippen molar-refractivity contribution in [3.05, 3.63) is 64.4 Å². The SMILES string of the molecule is COc1cccc(CC(CO)Cc2ccccc2Cl)c1F. The first-order chi connectivity index (χ1) is 10.2. The van der Waals surface area contributed by atoms with Gasteiger partial charge in [0.1, 0.15) is 0 Å². The Balaban J connectivity index is 2.15. The summed E-state index contributed by atoms with van der Waals surface area (Å²) in [6, 6.07) is 12.6. The minimum absolute atomic E-state index is 0.0259. The van der Waals surface area contributed by atoms with Crippen molar-refractivity contribution in [1.29, 1.82) is 0 Å². The number of benzene rings is 2. The van der Waals surface area contributed by atoms with Gasteiger partial charge in [0.2, 0.25) is 0 Å². The summed E-state index contributed by atoms with van der Waals surface area (Å²) in [6.07, 6.45) is 1.04. The predicted octanol–water partition coefficient (Wildman–Crippen LogP) is 3.88. The Hall–Kier alpha value is -1.58. The van der Waals surface area contributed by atoms with Crippen LogP contribution in [0.3, 0.4) is 0 Å². The molecule has 0 aliphatic carbocycles. The fourth-order valence-corrected chi connectivity index (χ4v) is 2.57. The van der Waals surface area contributed by atoms with E-state index >= 15 is 0 Å². The minimum atomic E-state index is -0.363. The second-order valence-corrected chi connectivity index (χ2v) is 5.39. The molecule has 0 fully saturated rings. The molecule has 0 spiro atoms. The molecule has 2 rings (SSSR count). The molecule has 1 N–H and O–H groups in total. The minimum Gasteiger partial charge on any atom is -0.494 e. The van der Waals surface area contributed by atoms with Crippen molar-refractivity contribution >= 4 is 11.6 Å². The number of aliphatic hydroxyl groups excluding tert-OH is 1. The maximum atomic E-state index is 14.2. The molecular formula is C17H18ClFO2. The van der Waals surface area contributed by atoms with Gasteiger partial charge in [-0.3, -0.25) is 0 Å². The van der Waals surface area contributed by atoms with Crippen molar-refractivity contribution < 1.29 is 14.2 Å². The van der Waals surface area contributed by atoms with Crippen molar-refractivity contribution in [2.45, 2.75) is 12.8 Å². The monoisotopic (exact) mass is 308 g/mol. The molecule has 2 nitrogen and oxygen atoms in total. The Morgan fingerprint density at radius 3 is 2.43 bits per heavy atom. The highest BCUT2D eigenvalue weighted by molar-refractivity contribution is 6.31. The molecule has 0 saturated carbocycles. The standard InChI is InChI=1S/C17H18ClFO2/c1-21-16-8-4-6-14(17(16)19)10-12(11-20)9-13-5-2-3-7-15(13)18/h2-8,12,20H,9-11H2,1H3. The molecular weight excluding hydrogens is 291 g/mol. The molecule has 2 aromatic rings. The van der Waals surface area contributed by atoms with E-state index in [1.807, 2.05) is 24.3 Å². The number of hydrogen-bond acceptors (Lipinski definition) is 2. The quantitative estimate of drug-likeness (QED) is 0.877. The molecule has 0 amide bonds. The van der Waals surface area contributed by atoms with Gasteiger partial charge in [-0.25, -0.2) is 4.39 Å². The van der Waals surface area contributed by atoms with E-state index < -0.39 is 0 Å². The molecule has 21 heavy (non-hydrogen) atoms. The van der Waals surface area contributed by atoms with Gasteiger partial charge in [-0.1, -0.05) is 41.9 Å². The predicted molar refractivity (Wildman–Crippen MR) is 82.4 cm³/mol. The number of hydrogen-bond donors (Lipinski definition) is 1. The zero-order chi connectivity index (χ0) is 15.2. The lowest BCUT2D eigenvalue weighted by atomic mass is 9.93. The summed E-state index contributed by atoms with van der Waals surface area (Å²) in [6.45, 7) is -0.0259. The van der Waals surface area contributed by atoms with Gasteiger partial charge < -0.3 is 9.84 Å². The van der Waals surface area contributed by atoms with E-state index in [4.69, 9.17) is 16.3 Å². The van der Waals surface area contributed by atoms with Crippen LogP contribution >= 0.6 is 11.6 Å². The van der Waals surface area contributed by atoms with Crippen LogP contribution in [0.15, 0.2) is 42.5 Å². The third kappa shape index (κ3) is 3.96. The molecule has 2 aromatic carbocycles. The highest BCUT2D eigenvalue weighted by atomic mass is 35.5. The Kier molecular flexibility index (Phi) is 5.59. The van der Waals surface area contributed by atoms with Crippen LogP contribution in [0.5, 0.6) is 5.75 Å². The van der Waals surface area contributed by atoms with Gasteiger partial charge in [0.05, 0.1) is 7.11 Å². The van der Waals surface area contributed by atoms with E-state index in [0.29, 0.717) is 23.4 Å². The number of aliphatic hydroxyl groups is 1. The summed E-state index contributed by atoms with van der Waals surface area (Å²) in [5.74, 6) is -0.231. The molecule has 1 atom stereocenters. The molecule has 0 heterocycles. The number of halogens is 2. The number of methoxy groups -OCH3 is 1. The van der Waals surface area contributed by atoms with Gasteiger partial charge in [0.25, 0.3) is 0 Å². The van der Waals surface area contributed by atoms with Crippen molar-refractivity contribution in [2.24, 2.45) is 5.92 Å². The lowest BCUT2D eigenvalue weighted by Crippen LogP contribution is -2.14. The molecule has 4 heteroatoms. The van der Waals surface area contributed by atoms with Gasteiger partial charge in [-0.05, 0) is 42.0 Å². The van der Waals surface area contributed by atoms with E-state index in [1.165, 1.54) is 7.11 Å². The van der Waals surface area contributed by atoms with Crippen LogP contribution in [0.2, 0.25) is 5.02 Å². The summed E-state index contributed by atoms with van der Waals surface area (Å²) in [7, 11) is 1.44. The van der Waals surface area contributed by atoms with Crippen LogP contribution in [0, 0.1) is 11.7 Å². The molecule has 1 unspecified atom stereocenters. The summed E-state index contributed by atoms with van der Waals surface area (Å²) in [5, 5.41) is 10.2. The Labute approximate surface area is 129 Å². The molecule has 0 aliphatic heterocycles. The topological polar surface area (TPSA) is 29.5 Å². The fraction of sp³-hybridized carbons (Fsp3) is 0.294.